The van der Waals surface area contributed by atoms with Crippen LogP contribution in [0.1, 0.15) is 36.7 Å². The minimum Gasteiger partial charge on any atom is -0.378 e. The second-order valence-electron chi connectivity index (χ2n) is 5.83. The van der Waals surface area contributed by atoms with E-state index in [-0.39, 0.29) is 5.91 Å². The van der Waals surface area contributed by atoms with E-state index in [1.165, 1.54) is 0 Å². The third-order valence-electron chi connectivity index (χ3n) is 3.62. The maximum Gasteiger partial charge on any atom is 0.271 e. The number of amides is 1. The van der Waals surface area contributed by atoms with Crippen LogP contribution in [0.5, 0.6) is 0 Å². The standard InChI is InChI=1S/C18H25N5O/c1-4-5-6-13-19-18(24)16-11-12-17(22-21-16)20-14-7-9-15(10-8-14)23(2)3/h7-12H,4-6,13H2,1-3H3,(H,19,24)(H,20,22). The van der Waals surface area contributed by atoms with Crippen molar-refractivity contribution in [3.63, 3.8) is 0 Å². The normalized spacial score (nSPS) is 10.3. The van der Waals surface area contributed by atoms with Crippen molar-refractivity contribution in [3.05, 3.63) is 42.1 Å². The van der Waals surface area contributed by atoms with Crippen LogP contribution in [0.3, 0.4) is 0 Å². The first kappa shape index (κ1) is 17.7. The fraction of sp³-hybridized carbons (Fsp3) is 0.389. The molecule has 1 amide bonds. The number of unbranched alkanes of at least 4 members (excludes halogenated alkanes) is 2. The van der Waals surface area contributed by atoms with Gasteiger partial charge in [0.25, 0.3) is 5.91 Å². The number of anilines is 3. The van der Waals surface area contributed by atoms with Crippen LogP contribution >= 0.6 is 0 Å². The van der Waals surface area contributed by atoms with Crippen molar-refractivity contribution in [1.29, 1.82) is 0 Å². The van der Waals surface area contributed by atoms with E-state index in [9.17, 15) is 4.79 Å². The van der Waals surface area contributed by atoms with Crippen molar-refractivity contribution in [2.75, 3.05) is 30.9 Å². The van der Waals surface area contributed by atoms with Crippen LogP contribution in [0.4, 0.5) is 17.2 Å². The molecule has 1 aromatic heterocycles. The van der Waals surface area contributed by atoms with E-state index in [0.29, 0.717) is 18.1 Å². The van der Waals surface area contributed by atoms with Gasteiger partial charge in [0, 0.05) is 32.0 Å². The zero-order valence-electron chi connectivity index (χ0n) is 14.5. The molecule has 6 heteroatoms. The molecule has 1 aromatic carbocycles. The lowest BCUT2D eigenvalue weighted by atomic mass is 10.2. The largest absolute Gasteiger partial charge is 0.378 e. The highest BCUT2D eigenvalue weighted by molar-refractivity contribution is 5.92. The molecule has 0 saturated heterocycles. The molecule has 1 heterocycles. The Morgan fingerprint density at radius 3 is 2.38 bits per heavy atom. The maximum atomic E-state index is 11.9. The molecule has 0 aliphatic carbocycles. The van der Waals surface area contributed by atoms with E-state index >= 15 is 0 Å². The molecule has 2 aromatic rings. The number of rotatable bonds is 8. The van der Waals surface area contributed by atoms with Crippen molar-refractivity contribution < 1.29 is 4.79 Å². The summed E-state index contributed by atoms with van der Waals surface area (Å²) in [6.45, 7) is 2.81. The molecule has 24 heavy (non-hydrogen) atoms. The van der Waals surface area contributed by atoms with E-state index in [2.05, 4.69) is 27.8 Å². The molecule has 0 atom stereocenters. The van der Waals surface area contributed by atoms with E-state index < -0.39 is 0 Å². The number of aromatic nitrogens is 2. The average molecular weight is 327 g/mol. The molecule has 2 N–H and O–H groups in total. The highest BCUT2D eigenvalue weighted by Gasteiger charge is 2.07. The first-order valence-corrected chi connectivity index (χ1v) is 8.26. The number of carbonyl (C=O) groups excluding carboxylic acids is 1. The predicted octanol–water partition coefficient (Wildman–Crippen LogP) is 3.21. The SMILES string of the molecule is CCCCCNC(=O)c1ccc(Nc2ccc(N(C)C)cc2)nn1. The third kappa shape index (κ3) is 5.22. The minimum atomic E-state index is -0.180. The summed E-state index contributed by atoms with van der Waals surface area (Å²) >= 11 is 0. The number of hydrogen-bond acceptors (Lipinski definition) is 5. The van der Waals surface area contributed by atoms with E-state index in [1.54, 1.807) is 12.1 Å². The summed E-state index contributed by atoms with van der Waals surface area (Å²) in [6.07, 6.45) is 3.23. The van der Waals surface area contributed by atoms with Crippen LogP contribution in [0.25, 0.3) is 0 Å². The molecule has 0 unspecified atom stereocenters. The van der Waals surface area contributed by atoms with Crippen LogP contribution < -0.4 is 15.5 Å². The molecule has 6 nitrogen and oxygen atoms in total. The van der Waals surface area contributed by atoms with Gasteiger partial charge in [0.1, 0.15) is 0 Å². The Balaban J connectivity index is 1.90. The Morgan fingerprint density at radius 1 is 1.04 bits per heavy atom. The first-order valence-electron chi connectivity index (χ1n) is 8.26. The fourth-order valence-corrected chi connectivity index (χ4v) is 2.18. The van der Waals surface area contributed by atoms with Crippen LogP contribution in [0, 0.1) is 0 Å². The van der Waals surface area contributed by atoms with Crippen molar-refractivity contribution in [1.82, 2.24) is 15.5 Å². The zero-order chi connectivity index (χ0) is 17.4. The summed E-state index contributed by atoms with van der Waals surface area (Å²) in [5.74, 6) is 0.427. The summed E-state index contributed by atoms with van der Waals surface area (Å²) in [5, 5.41) is 14.1. The van der Waals surface area contributed by atoms with E-state index in [4.69, 9.17) is 0 Å². The minimum absolute atomic E-state index is 0.180. The topological polar surface area (TPSA) is 70.2 Å². The molecule has 0 radical (unpaired) electrons. The van der Waals surface area contributed by atoms with Gasteiger partial charge in [-0.05, 0) is 42.8 Å². The lowest BCUT2D eigenvalue weighted by Crippen LogP contribution is -2.25. The van der Waals surface area contributed by atoms with Gasteiger partial charge in [-0.25, -0.2) is 0 Å². The van der Waals surface area contributed by atoms with E-state index in [1.807, 2.05) is 43.3 Å². The Hall–Kier alpha value is -2.63. The lowest BCUT2D eigenvalue weighted by molar-refractivity contribution is 0.0947. The maximum absolute atomic E-state index is 11.9. The van der Waals surface area contributed by atoms with Crippen molar-refractivity contribution in [3.8, 4) is 0 Å². The molecule has 0 saturated carbocycles. The first-order chi connectivity index (χ1) is 11.6. The van der Waals surface area contributed by atoms with E-state index in [0.717, 1.165) is 30.6 Å². The monoisotopic (exact) mass is 327 g/mol. The Morgan fingerprint density at radius 2 is 1.79 bits per heavy atom. The van der Waals surface area contributed by atoms with Crippen LogP contribution in [-0.4, -0.2) is 36.7 Å². The Kier molecular flexibility index (Phi) is 6.54. The predicted molar refractivity (Wildman–Crippen MR) is 97.9 cm³/mol. The average Bonchev–Trinajstić information content (AvgIpc) is 2.59. The molecule has 0 fully saturated rings. The van der Waals surface area contributed by atoms with Crippen LogP contribution in [-0.2, 0) is 0 Å². The van der Waals surface area contributed by atoms with Crippen molar-refractivity contribution in [2.45, 2.75) is 26.2 Å². The number of benzene rings is 1. The van der Waals surface area contributed by atoms with Gasteiger partial charge in [-0.1, -0.05) is 19.8 Å². The van der Waals surface area contributed by atoms with Gasteiger partial charge >= 0.3 is 0 Å². The van der Waals surface area contributed by atoms with Crippen LogP contribution in [0.15, 0.2) is 36.4 Å². The third-order valence-corrected chi connectivity index (χ3v) is 3.62. The summed E-state index contributed by atoms with van der Waals surface area (Å²) in [6, 6.07) is 11.4. The smallest absolute Gasteiger partial charge is 0.271 e. The summed E-state index contributed by atoms with van der Waals surface area (Å²) in [4.78, 5) is 14.0. The van der Waals surface area contributed by atoms with Gasteiger partial charge in [0.15, 0.2) is 11.5 Å². The molecule has 0 bridgehead atoms. The Bertz CT molecular complexity index is 637. The number of nitrogens with one attached hydrogen (secondary N) is 2. The second kappa shape index (κ2) is 8.86. The zero-order valence-corrected chi connectivity index (χ0v) is 14.5. The fourth-order valence-electron chi connectivity index (χ4n) is 2.18. The van der Waals surface area contributed by atoms with Gasteiger partial charge in [-0.3, -0.25) is 4.79 Å². The van der Waals surface area contributed by atoms with Crippen molar-refractivity contribution in [2.24, 2.45) is 0 Å². The van der Waals surface area contributed by atoms with Gasteiger partial charge in [-0.2, -0.15) is 0 Å². The van der Waals surface area contributed by atoms with Gasteiger partial charge in [0.05, 0.1) is 0 Å². The summed E-state index contributed by atoms with van der Waals surface area (Å²) < 4.78 is 0. The summed E-state index contributed by atoms with van der Waals surface area (Å²) in [5.41, 5.74) is 2.38. The highest BCUT2D eigenvalue weighted by atomic mass is 16.1. The molecule has 0 spiro atoms. The Labute approximate surface area is 143 Å². The number of hydrogen-bond donors (Lipinski definition) is 2. The van der Waals surface area contributed by atoms with Crippen molar-refractivity contribution >= 4 is 23.1 Å². The quantitative estimate of drug-likeness (QED) is 0.729. The lowest BCUT2D eigenvalue weighted by Gasteiger charge is -2.13. The van der Waals surface area contributed by atoms with Crippen LogP contribution in [0.2, 0.25) is 0 Å². The molecular weight excluding hydrogens is 302 g/mol. The molecule has 2 rings (SSSR count). The number of nitrogens with zero attached hydrogens (tertiary/aromatic N) is 3. The number of carbonyl (C=O) groups is 1. The van der Waals surface area contributed by atoms with Gasteiger partial charge in [0.2, 0.25) is 0 Å². The summed E-state index contributed by atoms with van der Waals surface area (Å²) in [7, 11) is 4.00. The second-order valence-corrected chi connectivity index (χ2v) is 5.83. The molecule has 0 aliphatic heterocycles. The molecular formula is C18H25N5O. The highest BCUT2D eigenvalue weighted by Crippen LogP contribution is 2.18. The van der Waals surface area contributed by atoms with Gasteiger partial charge in [-0.15, -0.1) is 10.2 Å². The molecule has 128 valence electrons. The molecule has 0 aliphatic rings. The van der Waals surface area contributed by atoms with Gasteiger partial charge < -0.3 is 15.5 Å².